The van der Waals surface area contributed by atoms with Gasteiger partial charge in [0, 0.05) is 25.9 Å². The molecule has 158 valence electrons. The Labute approximate surface area is 170 Å². The third-order valence-corrected chi connectivity index (χ3v) is 5.14. The first-order chi connectivity index (χ1) is 14.1. The molecule has 1 saturated heterocycles. The normalized spacial score (nSPS) is 14.7. The first kappa shape index (κ1) is 21.1. The fraction of sp³-hybridized carbons (Fsp3) is 0.524. The van der Waals surface area contributed by atoms with Gasteiger partial charge >= 0.3 is 0 Å². The van der Waals surface area contributed by atoms with Crippen LogP contribution in [0.15, 0.2) is 39.6 Å². The fourth-order valence-electron chi connectivity index (χ4n) is 3.42. The minimum atomic E-state index is -0.170. The van der Waals surface area contributed by atoms with Crippen molar-refractivity contribution < 1.29 is 28.1 Å². The van der Waals surface area contributed by atoms with Gasteiger partial charge in [0.25, 0.3) is 5.91 Å². The third kappa shape index (κ3) is 6.47. The maximum atomic E-state index is 12.9. The van der Waals surface area contributed by atoms with Gasteiger partial charge in [0.1, 0.15) is 24.6 Å². The van der Waals surface area contributed by atoms with Gasteiger partial charge in [-0.3, -0.25) is 9.59 Å². The Hall–Kier alpha value is -2.58. The van der Waals surface area contributed by atoms with Crippen LogP contribution in [0.3, 0.4) is 0 Å². The van der Waals surface area contributed by atoms with Gasteiger partial charge in [-0.2, -0.15) is 0 Å². The Morgan fingerprint density at radius 3 is 2.69 bits per heavy atom. The minimum absolute atomic E-state index is 0.0527. The van der Waals surface area contributed by atoms with E-state index in [0.29, 0.717) is 36.7 Å². The van der Waals surface area contributed by atoms with E-state index in [9.17, 15) is 9.59 Å². The lowest BCUT2D eigenvalue weighted by molar-refractivity contribution is -0.908. The molecule has 2 aromatic rings. The second-order valence-corrected chi connectivity index (χ2v) is 7.26. The molecule has 0 aromatic carbocycles. The number of rotatable bonds is 10. The summed E-state index contributed by atoms with van der Waals surface area (Å²) in [6.45, 7) is 7.75. The lowest BCUT2D eigenvalue weighted by Gasteiger charge is -2.23. The van der Waals surface area contributed by atoms with Gasteiger partial charge in [0.05, 0.1) is 44.4 Å². The molecule has 0 radical (unpaired) electrons. The van der Waals surface area contributed by atoms with E-state index in [4.69, 9.17) is 13.6 Å². The Balaban J connectivity index is 1.45. The zero-order valence-electron chi connectivity index (χ0n) is 16.9. The number of hydrogen-bond acceptors (Lipinski definition) is 5. The van der Waals surface area contributed by atoms with Crippen molar-refractivity contribution in [3.8, 4) is 0 Å². The van der Waals surface area contributed by atoms with Crippen molar-refractivity contribution >= 4 is 11.8 Å². The predicted octanol–water partition coefficient (Wildman–Crippen LogP) is 0.635. The molecule has 1 aliphatic rings. The minimum Gasteiger partial charge on any atom is -0.469 e. The zero-order valence-corrected chi connectivity index (χ0v) is 16.9. The lowest BCUT2D eigenvalue weighted by atomic mass is 10.2. The van der Waals surface area contributed by atoms with Gasteiger partial charge in [-0.05, 0) is 25.1 Å². The summed E-state index contributed by atoms with van der Waals surface area (Å²) in [5.41, 5.74) is 0.505. The van der Waals surface area contributed by atoms with Crippen molar-refractivity contribution in [3.05, 3.63) is 47.8 Å². The number of aryl methyl sites for hydroxylation is 1. The SMILES string of the molecule is Cc1occc1C(=O)N(CCC(=O)NCCC[NH+]1CCOCC1)Cc1ccco1. The van der Waals surface area contributed by atoms with E-state index in [-0.39, 0.29) is 18.2 Å². The number of furan rings is 2. The number of amides is 2. The van der Waals surface area contributed by atoms with Crippen LogP contribution in [0.5, 0.6) is 0 Å². The van der Waals surface area contributed by atoms with Crippen molar-refractivity contribution in [2.24, 2.45) is 0 Å². The third-order valence-electron chi connectivity index (χ3n) is 5.14. The molecule has 2 aromatic heterocycles. The van der Waals surface area contributed by atoms with Crippen LogP contribution in [0.25, 0.3) is 0 Å². The number of carbonyl (C=O) groups is 2. The Morgan fingerprint density at radius 2 is 2.00 bits per heavy atom. The molecular weight excluding hydrogens is 374 g/mol. The molecule has 0 unspecified atom stereocenters. The van der Waals surface area contributed by atoms with Gasteiger partial charge in [-0.15, -0.1) is 0 Å². The smallest absolute Gasteiger partial charge is 0.257 e. The summed E-state index contributed by atoms with van der Waals surface area (Å²) < 4.78 is 16.0. The number of hydrogen-bond donors (Lipinski definition) is 2. The molecule has 1 aliphatic heterocycles. The highest BCUT2D eigenvalue weighted by molar-refractivity contribution is 5.95. The molecule has 0 saturated carbocycles. The first-order valence-corrected chi connectivity index (χ1v) is 10.2. The number of carbonyl (C=O) groups excluding carboxylic acids is 2. The predicted molar refractivity (Wildman–Crippen MR) is 106 cm³/mol. The molecule has 0 aliphatic carbocycles. The maximum absolute atomic E-state index is 12.9. The summed E-state index contributed by atoms with van der Waals surface area (Å²) >= 11 is 0. The summed E-state index contributed by atoms with van der Waals surface area (Å²) in [5, 5.41) is 2.96. The highest BCUT2D eigenvalue weighted by Crippen LogP contribution is 2.15. The van der Waals surface area contributed by atoms with Crippen LogP contribution in [0, 0.1) is 6.92 Å². The highest BCUT2D eigenvalue weighted by Gasteiger charge is 2.21. The van der Waals surface area contributed by atoms with Gasteiger partial charge in [-0.1, -0.05) is 0 Å². The molecule has 8 heteroatoms. The van der Waals surface area contributed by atoms with E-state index in [1.807, 2.05) is 6.07 Å². The Bertz CT molecular complexity index is 765. The van der Waals surface area contributed by atoms with Crippen molar-refractivity contribution in [1.82, 2.24) is 10.2 Å². The summed E-state index contributed by atoms with van der Waals surface area (Å²) in [6, 6.07) is 5.25. The molecule has 3 rings (SSSR count). The molecule has 2 amide bonds. The van der Waals surface area contributed by atoms with Crippen molar-refractivity contribution in [2.75, 3.05) is 45.9 Å². The van der Waals surface area contributed by atoms with Gasteiger partial charge < -0.3 is 28.7 Å². The van der Waals surface area contributed by atoms with Crippen LogP contribution in [-0.4, -0.2) is 62.7 Å². The van der Waals surface area contributed by atoms with Crippen molar-refractivity contribution in [3.63, 3.8) is 0 Å². The van der Waals surface area contributed by atoms with E-state index in [1.54, 1.807) is 30.2 Å². The average Bonchev–Trinajstić information content (AvgIpc) is 3.40. The quantitative estimate of drug-likeness (QED) is 0.567. The lowest BCUT2D eigenvalue weighted by Crippen LogP contribution is -3.14. The molecular formula is C21H30N3O5+. The number of ether oxygens (including phenoxy) is 1. The van der Waals surface area contributed by atoms with E-state index in [0.717, 1.165) is 39.3 Å². The molecule has 8 nitrogen and oxygen atoms in total. The summed E-state index contributed by atoms with van der Waals surface area (Å²) in [7, 11) is 0. The second-order valence-electron chi connectivity index (χ2n) is 7.26. The van der Waals surface area contributed by atoms with E-state index in [2.05, 4.69) is 5.32 Å². The van der Waals surface area contributed by atoms with Crippen LogP contribution in [0.2, 0.25) is 0 Å². The molecule has 29 heavy (non-hydrogen) atoms. The monoisotopic (exact) mass is 404 g/mol. The number of nitrogens with one attached hydrogen (secondary N) is 2. The van der Waals surface area contributed by atoms with E-state index >= 15 is 0 Å². The second kappa shape index (κ2) is 10.8. The number of quaternary nitrogens is 1. The average molecular weight is 404 g/mol. The highest BCUT2D eigenvalue weighted by atomic mass is 16.5. The first-order valence-electron chi connectivity index (χ1n) is 10.2. The molecule has 0 atom stereocenters. The molecule has 0 spiro atoms. The summed E-state index contributed by atoms with van der Waals surface area (Å²) in [6.07, 6.45) is 4.25. The maximum Gasteiger partial charge on any atom is 0.257 e. The summed E-state index contributed by atoms with van der Waals surface area (Å²) in [5.74, 6) is 1.02. The number of nitrogens with zero attached hydrogens (tertiary/aromatic N) is 1. The fourth-order valence-corrected chi connectivity index (χ4v) is 3.42. The van der Waals surface area contributed by atoms with Crippen LogP contribution >= 0.6 is 0 Å². The standard InChI is InChI=1S/C21H29N3O5/c1-17-19(6-13-28-17)21(26)24(16-18-4-2-12-29-18)9-5-20(25)22-7-3-8-23-10-14-27-15-11-23/h2,4,6,12-13H,3,5,7-11,14-16H2,1H3,(H,22,25)/p+1. The molecule has 2 N–H and O–H groups in total. The summed E-state index contributed by atoms with van der Waals surface area (Å²) in [4.78, 5) is 28.3. The largest absolute Gasteiger partial charge is 0.469 e. The van der Waals surface area contributed by atoms with E-state index < -0.39 is 0 Å². The van der Waals surface area contributed by atoms with Gasteiger partial charge in [0.2, 0.25) is 5.91 Å². The van der Waals surface area contributed by atoms with Crippen molar-refractivity contribution in [1.29, 1.82) is 0 Å². The van der Waals surface area contributed by atoms with E-state index in [1.165, 1.54) is 11.2 Å². The Morgan fingerprint density at radius 1 is 1.17 bits per heavy atom. The van der Waals surface area contributed by atoms with Gasteiger partial charge in [0.15, 0.2) is 0 Å². The van der Waals surface area contributed by atoms with Crippen LogP contribution in [0.1, 0.15) is 34.7 Å². The molecule has 1 fully saturated rings. The zero-order chi connectivity index (χ0) is 20.5. The Kier molecular flexibility index (Phi) is 7.89. The van der Waals surface area contributed by atoms with Crippen LogP contribution < -0.4 is 10.2 Å². The number of morpholine rings is 1. The van der Waals surface area contributed by atoms with Crippen LogP contribution in [-0.2, 0) is 16.1 Å². The molecule has 3 heterocycles. The molecule has 0 bridgehead atoms. The van der Waals surface area contributed by atoms with Crippen LogP contribution in [0.4, 0.5) is 0 Å². The topological polar surface area (TPSA) is 89.4 Å². The van der Waals surface area contributed by atoms with Crippen molar-refractivity contribution in [2.45, 2.75) is 26.3 Å². The van der Waals surface area contributed by atoms with Gasteiger partial charge in [-0.25, -0.2) is 0 Å².